The molecule has 4 aliphatic heterocycles. The van der Waals surface area contributed by atoms with E-state index in [4.69, 9.17) is 11.5 Å². The van der Waals surface area contributed by atoms with Crippen LogP contribution in [0.2, 0.25) is 0 Å². The molecule has 0 aliphatic carbocycles. The molecule has 0 atom stereocenters. The minimum absolute atomic E-state index is 0.138. The number of carbonyl (C=O) groups is 1. The van der Waals surface area contributed by atoms with Crippen molar-refractivity contribution in [2.24, 2.45) is 22.8 Å². The van der Waals surface area contributed by atoms with Gasteiger partial charge in [0, 0.05) is 80.9 Å². The lowest BCUT2D eigenvalue weighted by Gasteiger charge is -2.56. The number of nitrogens with zero attached hydrogens (tertiary/aromatic N) is 4. The Morgan fingerprint density at radius 1 is 0.800 bits per heavy atom. The molecule has 3 aromatic carbocycles. The Morgan fingerprint density at radius 2 is 1.46 bits per heavy atom. The summed E-state index contributed by atoms with van der Waals surface area (Å²) in [6.07, 6.45) is 10.9. The van der Waals surface area contributed by atoms with Crippen LogP contribution in [0, 0.1) is 11.3 Å². The van der Waals surface area contributed by atoms with Gasteiger partial charge in [-0.05, 0) is 93.3 Å². The van der Waals surface area contributed by atoms with Crippen molar-refractivity contribution in [3.63, 3.8) is 0 Å². The molecule has 1 spiro atoms. The fourth-order valence-corrected chi connectivity index (χ4v) is 9.22. The molecule has 50 heavy (non-hydrogen) atoms. The third-order valence-electron chi connectivity index (χ3n) is 12.1. The summed E-state index contributed by atoms with van der Waals surface area (Å²) in [7, 11) is 0. The van der Waals surface area contributed by atoms with Gasteiger partial charge < -0.3 is 36.2 Å². The van der Waals surface area contributed by atoms with E-state index in [-0.39, 0.29) is 17.1 Å². The van der Waals surface area contributed by atoms with Crippen LogP contribution >= 0.6 is 0 Å². The minimum Gasteiger partial charge on any atom is -0.507 e. The highest BCUT2D eigenvalue weighted by atomic mass is 16.3. The Morgan fingerprint density at radius 3 is 2.14 bits per heavy atom. The smallest absolute Gasteiger partial charge is 0.233 e. The lowest BCUT2D eigenvalue weighted by molar-refractivity contribution is -0.147. The van der Waals surface area contributed by atoms with Crippen LogP contribution in [0.15, 0.2) is 103 Å². The maximum absolute atomic E-state index is 14.8. The molecule has 0 unspecified atom stereocenters. The molecule has 8 nitrogen and oxygen atoms in total. The Bertz CT molecular complexity index is 1650. The standard InChI is InChI=1S/C42H54N6O2/c43-29-36(28-38(44)37-14-7-8-15-39(37)49)47-26-20-42(21-27-47,34-10-3-1-4-11-34)40(50)48-22-9-19-41(32-48)30-45(31-41)23-16-33-17-24-46(25-18-33)35-12-5-2-6-13-35/h1-8,10-15,28-29,33,49H,9,16-27,30-32,43-44H2/b36-29+,38-28-. The Kier molecular flexibility index (Phi) is 10.1. The largest absolute Gasteiger partial charge is 0.507 e. The van der Waals surface area contributed by atoms with Crippen LogP contribution in [0.4, 0.5) is 5.69 Å². The van der Waals surface area contributed by atoms with Crippen LogP contribution in [0.25, 0.3) is 5.70 Å². The summed E-state index contributed by atoms with van der Waals surface area (Å²) in [4.78, 5) is 24.4. The highest BCUT2D eigenvalue weighted by Crippen LogP contribution is 2.44. The van der Waals surface area contributed by atoms with Gasteiger partial charge in [0.2, 0.25) is 5.91 Å². The maximum atomic E-state index is 14.8. The van der Waals surface area contributed by atoms with Crippen LogP contribution in [0.5, 0.6) is 5.75 Å². The first-order valence-corrected chi connectivity index (χ1v) is 18.7. The summed E-state index contributed by atoms with van der Waals surface area (Å²) in [5.41, 5.74) is 16.5. The number of phenols is 1. The Balaban J connectivity index is 0.961. The third-order valence-corrected chi connectivity index (χ3v) is 12.1. The number of likely N-dealkylation sites (tertiary alicyclic amines) is 3. The molecule has 0 aromatic heterocycles. The molecule has 3 aromatic rings. The number of amides is 1. The van der Waals surface area contributed by atoms with Gasteiger partial charge >= 0.3 is 0 Å². The number of rotatable bonds is 9. The average molecular weight is 675 g/mol. The third kappa shape index (κ3) is 7.08. The summed E-state index contributed by atoms with van der Waals surface area (Å²) in [6.45, 7) is 8.79. The van der Waals surface area contributed by atoms with Gasteiger partial charge in [0.05, 0.1) is 11.1 Å². The highest BCUT2D eigenvalue weighted by molar-refractivity contribution is 5.88. The van der Waals surface area contributed by atoms with E-state index in [0.29, 0.717) is 37.2 Å². The number of piperidine rings is 3. The molecule has 5 N–H and O–H groups in total. The monoisotopic (exact) mass is 674 g/mol. The van der Waals surface area contributed by atoms with Gasteiger partial charge in [-0.25, -0.2) is 0 Å². The van der Waals surface area contributed by atoms with Gasteiger partial charge in [-0.2, -0.15) is 0 Å². The zero-order valence-electron chi connectivity index (χ0n) is 29.4. The average Bonchev–Trinajstić information content (AvgIpc) is 3.16. The number of phenolic OH excluding ortho intramolecular Hbond substituents is 1. The van der Waals surface area contributed by atoms with E-state index in [9.17, 15) is 9.90 Å². The number of benzene rings is 3. The Hall–Kier alpha value is -4.43. The van der Waals surface area contributed by atoms with Crippen molar-refractivity contribution in [3.8, 4) is 5.75 Å². The molecule has 4 aliphatic rings. The van der Waals surface area contributed by atoms with E-state index in [1.165, 1.54) is 37.9 Å². The van der Waals surface area contributed by atoms with Crippen LogP contribution in [-0.2, 0) is 10.2 Å². The van der Waals surface area contributed by atoms with E-state index in [1.807, 2.05) is 18.2 Å². The molecule has 4 heterocycles. The Labute approximate surface area is 298 Å². The summed E-state index contributed by atoms with van der Waals surface area (Å²) < 4.78 is 0. The predicted octanol–water partition coefficient (Wildman–Crippen LogP) is 5.76. The second kappa shape index (κ2) is 14.8. The second-order valence-electron chi connectivity index (χ2n) is 15.2. The molecular weight excluding hydrogens is 621 g/mol. The van der Waals surface area contributed by atoms with Gasteiger partial charge in [-0.15, -0.1) is 0 Å². The van der Waals surface area contributed by atoms with Crippen molar-refractivity contribution in [1.29, 1.82) is 0 Å². The fraction of sp³-hybridized carbons (Fsp3) is 0.452. The van der Waals surface area contributed by atoms with Crippen molar-refractivity contribution < 1.29 is 9.90 Å². The van der Waals surface area contributed by atoms with Gasteiger partial charge in [0.15, 0.2) is 0 Å². The number of carbonyl (C=O) groups excluding carboxylic acids is 1. The van der Waals surface area contributed by atoms with Crippen LogP contribution in [-0.4, -0.2) is 84.6 Å². The van der Waals surface area contributed by atoms with Crippen molar-refractivity contribution in [2.45, 2.75) is 50.4 Å². The van der Waals surface area contributed by atoms with Crippen molar-refractivity contribution in [2.75, 3.05) is 63.8 Å². The molecule has 1 amide bonds. The van der Waals surface area contributed by atoms with Crippen LogP contribution in [0.1, 0.15) is 56.1 Å². The zero-order chi connectivity index (χ0) is 34.6. The van der Waals surface area contributed by atoms with E-state index in [1.54, 1.807) is 24.4 Å². The molecule has 264 valence electrons. The zero-order valence-corrected chi connectivity index (χ0v) is 29.4. The number of hydrogen-bond donors (Lipinski definition) is 3. The number of nitrogens with two attached hydrogens (primary N) is 2. The van der Waals surface area contributed by atoms with Gasteiger partial charge in [0.1, 0.15) is 5.75 Å². The van der Waals surface area contributed by atoms with E-state index < -0.39 is 5.41 Å². The number of para-hydroxylation sites is 2. The van der Waals surface area contributed by atoms with Gasteiger partial charge in [-0.3, -0.25) is 4.79 Å². The molecule has 4 fully saturated rings. The van der Waals surface area contributed by atoms with Crippen LogP contribution in [0.3, 0.4) is 0 Å². The number of hydrogen-bond acceptors (Lipinski definition) is 7. The highest BCUT2D eigenvalue weighted by Gasteiger charge is 2.51. The number of allylic oxidation sites excluding steroid dienone is 1. The summed E-state index contributed by atoms with van der Waals surface area (Å²) in [5.74, 6) is 1.23. The first-order valence-electron chi connectivity index (χ1n) is 18.7. The lowest BCUT2D eigenvalue weighted by atomic mass is 9.69. The lowest BCUT2D eigenvalue weighted by Crippen LogP contribution is -2.65. The van der Waals surface area contributed by atoms with E-state index in [2.05, 4.69) is 74.2 Å². The van der Waals surface area contributed by atoms with E-state index in [0.717, 1.165) is 62.9 Å². The quantitative estimate of drug-likeness (QED) is 0.248. The number of aromatic hydroxyl groups is 1. The molecule has 8 heteroatoms. The molecular formula is C42H54N6O2. The summed E-state index contributed by atoms with van der Waals surface area (Å²) in [5, 5.41) is 10.3. The molecule has 0 saturated carbocycles. The first kappa shape index (κ1) is 34.0. The normalized spacial score (nSPS) is 21.6. The topological polar surface area (TPSA) is 102 Å². The van der Waals surface area contributed by atoms with Crippen LogP contribution < -0.4 is 16.4 Å². The van der Waals surface area contributed by atoms with Crippen molar-refractivity contribution in [1.82, 2.24) is 14.7 Å². The van der Waals surface area contributed by atoms with Gasteiger partial charge in [0.25, 0.3) is 0 Å². The minimum atomic E-state index is -0.568. The van der Waals surface area contributed by atoms with E-state index >= 15 is 0 Å². The predicted molar refractivity (Wildman–Crippen MR) is 202 cm³/mol. The molecule has 0 bridgehead atoms. The number of anilines is 1. The van der Waals surface area contributed by atoms with Crippen molar-refractivity contribution in [3.05, 3.63) is 114 Å². The van der Waals surface area contributed by atoms with Crippen molar-refractivity contribution >= 4 is 17.3 Å². The maximum Gasteiger partial charge on any atom is 0.233 e. The molecule has 4 saturated heterocycles. The molecule has 7 rings (SSSR count). The molecule has 0 radical (unpaired) electrons. The summed E-state index contributed by atoms with van der Waals surface area (Å²) >= 11 is 0. The second-order valence-corrected chi connectivity index (χ2v) is 15.2. The SMILES string of the molecule is N/C=C(\C=C(/N)c1ccccc1O)N1CCC(C(=O)N2CCCC3(CN(CCC4CCN(c5ccccc5)CC4)C3)C2)(c2ccccc2)CC1. The first-order chi connectivity index (χ1) is 24.4. The summed E-state index contributed by atoms with van der Waals surface area (Å²) in [6, 6.07) is 28.3. The van der Waals surface area contributed by atoms with Gasteiger partial charge in [-0.1, -0.05) is 60.7 Å². The fourth-order valence-electron chi connectivity index (χ4n) is 9.22.